The number of benzene rings is 3. The van der Waals surface area contributed by atoms with Crippen molar-refractivity contribution in [3.05, 3.63) is 94.0 Å². The maximum atomic E-state index is 3.81. The lowest BCUT2D eigenvalue weighted by atomic mass is 9.99. The zero-order valence-corrected chi connectivity index (χ0v) is 17.0. The van der Waals surface area contributed by atoms with Gasteiger partial charge in [0.1, 0.15) is 0 Å². The van der Waals surface area contributed by atoms with E-state index in [1.807, 2.05) is 0 Å². The summed E-state index contributed by atoms with van der Waals surface area (Å²) in [5.74, 6) is 0. The number of rotatable bonds is 2. The summed E-state index contributed by atoms with van der Waals surface area (Å²) in [5.41, 5.74) is 9.37. The van der Waals surface area contributed by atoms with Crippen LogP contribution in [0.4, 0.5) is 0 Å². The molecular formula is C25H20BrN. The summed E-state index contributed by atoms with van der Waals surface area (Å²) in [5, 5.41) is 2.67. The molecule has 0 unspecified atom stereocenters. The van der Waals surface area contributed by atoms with E-state index >= 15 is 0 Å². The van der Waals surface area contributed by atoms with Crippen molar-refractivity contribution in [3.63, 3.8) is 0 Å². The smallest absolute Gasteiger partial charge is 0.0683 e. The van der Waals surface area contributed by atoms with Crippen LogP contribution in [0.5, 0.6) is 0 Å². The molecule has 0 saturated heterocycles. The highest BCUT2D eigenvalue weighted by atomic mass is 79.9. The van der Waals surface area contributed by atoms with E-state index in [9.17, 15) is 0 Å². The van der Waals surface area contributed by atoms with E-state index in [1.54, 1.807) is 0 Å². The Labute approximate surface area is 167 Å². The molecule has 1 nitrogen and oxygen atoms in total. The zero-order valence-electron chi connectivity index (χ0n) is 15.5. The van der Waals surface area contributed by atoms with Crippen LogP contribution in [0, 0.1) is 0 Å². The molecular weight excluding hydrogens is 394 g/mol. The predicted octanol–water partition coefficient (Wildman–Crippen LogP) is 7.45. The molecule has 5 rings (SSSR count). The van der Waals surface area contributed by atoms with Gasteiger partial charge < -0.3 is 4.57 Å². The van der Waals surface area contributed by atoms with Crippen molar-refractivity contribution >= 4 is 43.3 Å². The molecule has 0 N–H and O–H groups in total. The highest BCUT2D eigenvalue weighted by Gasteiger charge is 2.24. The van der Waals surface area contributed by atoms with Gasteiger partial charge >= 0.3 is 0 Å². The number of fused-ring (bicyclic) bond motifs is 5. The maximum absolute atomic E-state index is 3.81. The normalized spacial score (nSPS) is 14.0. The molecule has 1 aromatic heterocycles. The van der Waals surface area contributed by atoms with Crippen molar-refractivity contribution in [2.45, 2.75) is 20.3 Å². The molecule has 0 fully saturated rings. The first-order chi connectivity index (χ1) is 13.2. The van der Waals surface area contributed by atoms with Gasteiger partial charge in [0.25, 0.3) is 0 Å². The van der Waals surface area contributed by atoms with Gasteiger partial charge in [0.2, 0.25) is 0 Å². The number of hydrogen-bond acceptors (Lipinski definition) is 0. The van der Waals surface area contributed by atoms with Gasteiger partial charge in [0, 0.05) is 20.9 Å². The molecule has 0 amide bonds. The number of aromatic nitrogens is 1. The number of nitrogens with zero attached hydrogens (tertiary/aromatic N) is 1. The average molecular weight is 414 g/mol. The van der Waals surface area contributed by atoms with Gasteiger partial charge in [-0.3, -0.25) is 0 Å². The standard InChI is InChI=1S/C25H20BrN/c1-3-8-17-15-18-13-14-22-24(23(18)16(17)2)20-11-7-12-21(26)25(20)27(22)19-9-5-4-6-10-19/h3-14H,15H2,1-2H3/b8-3-. The minimum atomic E-state index is 1.02. The summed E-state index contributed by atoms with van der Waals surface area (Å²) in [6, 6.07) is 21.8. The summed E-state index contributed by atoms with van der Waals surface area (Å²) in [7, 11) is 0. The van der Waals surface area contributed by atoms with Gasteiger partial charge in [0.05, 0.1) is 11.0 Å². The molecule has 1 aliphatic rings. The first-order valence-electron chi connectivity index (χ1n) is 9.33. The van der Waals surface area contributed by atoms with Crippen molar-refractivity contribution in [1.29, 1.82) is 0 Å². The Morgan fingerprint density at radius 1 is 0.963 bits per heavy atom. The van der Waals surface area contributed by atoms with Crippen LogP contribution in [0.3, 0.4) is 0 Å². The van der Waals surface area contributed by atoms with Gasteiger partial charge in [-0.25, -0.2) is 0 Å². The Balaban J connectivity index is 1.98. The maximum Gasteiger partial charge on any atom is 0.0683 e. The monoisotopic (exact) mass is 413 g/mol. The topological polar surface area (TPSA) is 4.93 Å². The fraction of sp³-hybridized carbons (Fsp3) is 0.120. The van der Waals surface area contributed by atoms with Crippen LogP contribution < -0.4 is 0 Å². The van der Waals surface area contributed by atoms with Crippen molar-refractivity contribution in [3.8, 4) is 5.69 Å². The molecule has 0 saturated carbocycles. The van der Waals surface area contributed by atoms with Gasteiger partial charge in [-0.15, -0.1) is 0 Å². The summed E-state index contributed by atoms with van der Waals surface area (Å²) in [6.45, 7) is 4.36. The van der Waals surface area contributed by atoms with E-state index in [1.165, 1.54) is 49.8 Å². The van der Waals surface area contributed by atoms with Crippen LogP contribution in [-0.4, -0.2) is 4.57 Å². The van der Waals surface area contributed by atoms with E-state index in [0.29, 0.717) is 0 Å². The van der Waals surface area contributed by atoms with E-state index in [2.05, 4.69) is 107 Å². The minimum absolute atomic E-state index is 1.02. The highest BCUT2D eigenvalue weighted by Crippen LogP contribution is 2.44. The largest absolute Gasteiger partial charge is 0.308 e. The molecule has 3 aromatic carbocycles. The molecule has 1 aliphatic carbocycles. The van der Waals surface area contributed by atoms with Crippen LogP contribution in [0.15, 0.2) is 82.9 Å². The van der Waals surface area contributed by atoms with E-state index < -0.39 is 0 Å². The molecule has 4 aromatic rings. The molecule has 27 heavy (non-hydrogen) atoms. The van der Waals surface area contributed by atoms with E-state index in [4.69, 9.17) is 0 Å². The molecule has 0 bridgehead atoms. The van der Waals surface area contributed by atoms with E-state index in [0.717, 1.165) is 10.9 Å². The highest BCUT2D eigenvalue weighted by molar-refractivity contribution is 9.10. The third kappa shape index (κ3) is 2.36. The van der Waals surface area contributed by atoms with Crippen LogP contribution >= 0.6 is 15.9 Å². The summed E-state index contributed by atoms with van der Waals surface area (Å²) in [4.78, 5) is 0. The second-order valence-corrected chi connectivity index (χ2v) is 7.98. The first-order valence-corrected chi connectivity index (χ1v) is 10.1. The Morgan fingerprint density at radius 3 is 2.56 bits per heavy atom. The van der Waals surface area contributed by atoms with Crippen LogP contribution in [0.1, 0.15) is 25.0 Å². The molecule has 0 radical (unpaired) electrons. The summed E-state index contributed by atoms with van der Waals surface area (Å²) in [6.07, 6.45) is 5.42. The van der Waals surface area contributed by atoms with Gasteiger partial charge in [-0.05, 0) is 82.7 Å². The minimum Gasteiger partial charge on any atom is -0.308 e. The lowest BCUT2D eigenvalue weighted by Gasteiger charge is -2.09. The SMILES string of the molecule is C/C=C\C1=C(C)c2c(ccc3c2c2cccc(Br)c2n3-c2ccccc2)C1. The molecule has 2 heteroatoms. The molecule has 132 valence electrons. The second kappa shape index (κ2) is 6.24. The van der Waals surface area contributed by atoms with E-state index in [-0.39, 0.29) is 0 Å². The molecule has 1 heterocycles. The Morgan fingerprint density at radius 2 is 1.78 bits per heavy atom. The van der Waals surface area contributed by atoms with Crippen molar-refractivity contribution in [2.24, 2.45) is 0 Å². The molecule has 0 aliphatic heterocycles. The van der Waals surface area contributed by atoms with Crippen molar-refractivity contribution in [1.82, 2.24) is 4.57 Å². The third-order valence-corrected chi connectivity index (χ3v) is 6.25. The van der Waals surface area contributed by atoms with Gasteiger partial charge in [0.15, 0.2) is 0 Å². The van der Waals surface area contributed by atoms with Crippen LogP contribution in [0.2, 0.25) is 0 Å². The number of hydrogen-bond donors (Lipinski definition) is 0. The first kappa shape index (κ1) is 16.6. The average Bonchev–Trinajstić information content (AvgIpc) is 3.19. The zero-order chi connectivity index (χ0) is 18.5. The number of allylic oxidation sites excluding steroid dienone is 4. The van der Waals surface area contributed by atoms with Crippen LogP contribution in [0.25, 0.3) is 33.1 Å². The Kier molecular flexibility index (Phi) is 3.84. The van der Waals surface area contributed by atoms with Gasteiger partial charge in [-0.2, -0.15) is 0 Å². The Bertz CT molecular complexity index is 1260. The van der Waals surface area contributed by atoms with Crippen molar-refractivity contribution in [2.75, 3.05) is 0 Å². The predicted molar refractivity (Wildman–Crippen MR) is 120 cm³/mol. The molecule has 0 atom stereocenters. The fourth-order valence-corrected chi connectivity index (χ4v) is 5.01. The lowest BCUT2D eigenvalue weighted by molar-refractivity contribution is 1.17. The third-order valence-electron chi connectivity index (χ3n) is 5.61. The van der Waals surface area contributed by atoms with Crippen molar-refractivity contribution < 1.29 is 0 Å². The number of para-hydroxylation sites is 2. The Hall–Kier alpha value is -2.58. The molecule has 0 spiro atoms. The summed E-state index contributed by atoms with van der Waals surface area (Å²) >= 11 is 3.81. The number of halogens is 1. The van der Waals surface area contributed by atoms with Gasteiger partial charge in [-0.1, -0.05) is 48.6 Å². The fourth-order valence-electron chi connectivity index (χ4n) is 4.46. The summed E-state index contributed by atoms with van der Waals surface area (Å²) < 4.78 is 3.51. The quantitative estimate of drug-likeness (QED) is 0.321. The second-order valence-electron chi connectivity index (χ2n) is 7.13. The lowest BCUT2D eigenvalue weighted by Crippen LogP contribution is -1.94. The van der Waals surface area contributed by atoms with Crippen LogP contribution in [-0.2, 0) is 6.42 Å².